The van der Waals surface area contributed by atoms with Crippen LogP contribution in [-0.4, -0.2) is 75.2 Å². The van der Waals surface area contributed by atoms with Crippen LogP contribution in [0.15, 0.2) is 64.9 Å². The van der Waals surface area contributed by atoms with E-state index in [0.717, 1.165) is 29.0 Å². The van der Waals surface area contributed by atoms with E-state index in [1.165, 1.54) is 23.2 Å². The van der Waals surface area contributed by atoms with Crippen molar-refractivity contribution in [3.8, 4) is 11.5 Å². The minimum atomic E-state index is -1.75. The van der Waals surface area contributed by atoms with Gasteiger partial charge < -0.3 is 31.0 Å². The van der Waals surface area contributed by atoms with E-state index in [1.807, 2.05) is 35.2 Å². The number of rotatable bonds is 11. The van der Waals surface area contributed by atoms with Crippen molar-refractivity contribution in [2.45, 2.75) is 24.4 Å². The first-order chi connectivity index (χ1) is 21.7. The van der Waals surface area contributed by atoms with Gasteiger partial charge in [0.05, 0.1) is 22.8 Å². The molecule has 1 fully saturated rings. The van der Waals surface area contributed by atoms with E-state index in [0.29, 0.717) is 18.0 Å². The van der Waals surface area contributed by atoms with Crippen molar-refractivity contribution in [1.82, 2.24) is 30.5 Å². The number of β-lactam (4-membered cyclic amide) rings is 1. The molecule has 3 aromatic heterocycles. The Morgan fingerprint density at radius 3 is 2.65 bits per heavy atom. The third-order valence-corrected chi connectivity index (χ3v) is 9.12. The number of carboxylic acid groups (broad SMARTS) is 1. The van der Waals surface area contributed by atoms with Gasteiger partial charge in [-0.25, -0.2) is 14.3 Å². The molecule has 230 valence electrons. The van der Waals surface area contributed by atoms with Gasteiger partial charge >= 0.3 is 35.5 Å². The normalized spacial score (nSPS) is 18.3. The Kier molecular flexibility index (Phi) is 10.0. The number of anilines is 1. The molecule has 2 aliphatic rings. The third kappa shape index (κ3) is 6.61. The molecular formula is C27H23N9NaO7S2+. The predicted molar refractivity (Wildman–Crippen MR) is 157 cm³/mol. The van der Waals surface area contributed by atoms with Gasteiger partial charge in [0.2, 0.25) is 12.0 Å². The summed E-state index contributed by atoms with van der Waals surface area (Å²) in [6.07, 6.45) is 1.77. The van der Waals surface area contributed by atoms with Crippen molar-refractivity contribution in [3.05, 3.63) is 76.8 Å². The van der Waals surface area contributed by atoms with Gasteiger partial charge in [-0.2, -0.15) is 5.21 Å². The Bertz CT molecular complexity index is 1840. The molecule has 19 heteroatoms. The number of phenolic OH excluding ortho intramolecular Hbond substituents is 2. The number of benzene rings is 1. The number of nitrogens with zero attached hydrogens (tertiary/aromatic N) is 8. The van der Waals surface area contributed by atoms with Crippen LogP contribution in [0.25, 0.3) is 5.70 Å². The molecule has 5 N–H and O–H groups in total. The maximum absolute atomic E-state index is 13.7. The zero-order valence-electron chi connectivity index (χ0n) is 24.0. The number of amides is 1. The second-order valence-corrected chi connectivity index (χ2v) is 11.9. The van der Waals surface area contributed by atoms with Gasteiger partial charge in [0.25, 0.3) is 0 Å². The Morgan fingerprint density at radius 2 is 2.00 bits per heavy atom. The van der Waals surface area contributed by atoms with Gasteiger partial charge in [0.15, 0.2) is 47.1 Å². The summed E-state index contributed by atoms with van der Waals surface area (Å²) in [5.74, 6) is -3.47. The fourth-order valence-electron chi connectivity index (χ4n) is 4.94. The van der Waals surface area contributed by atoms with E-state index in [-0.39, 0.29) is 69.8 Å². The Morgan fingerprint density at radius 1 is 1.22 bits per heavy atom. The molecular weight excluding hydrogens is 649 g/mol. The number of nitrogens with two attached hydrogens (primary N) is 1. The summed E-state index contributed by atoms with van der Waals surface area (Å²) in [6, 6.07) is 9.01. The number of thiazole rings is 1. The Hall–Kier alpha value is -4.36. The number of carboxylic acids is 1. The molecule has 1 saturated heterocycles. The fraction of sp³-hybridized carbons (Fsp3) is 0.222. The fourth-order valence-corrected chi connectivity index (χ4v) is 6.89. The molecule has 0 radical (unpaired) electrons. The molecule has 1 aromatic carbocycles. The van der Waals surface area contributed by atoms with Gasteiger partial charge in [-0.05, 0) is 12.1 Å². The van der Waals surface area contributed by atoms with Crippen LogP contribution in [0.2, 0.25) is 0 Å². The summed E-state index contributed by atoms with van der Waals surface area (Å²) in [4.78, 5) is 50.2. The second kappa shape index (κ2) is 14.0. The van der Waals surface area contributed by atoms with Crippen LogP contribution >= 0.6 is 23.1 Å². The minimum absolute atomic E-state index is 0. The molecule has 0 saturated carbocycles. The topological polar surface area (TPSA) is 232 Å². The maximum atomic E-state index is 13.7. The number of ketones is 1. The van der Waals surface area contributed by atoms with Crippen LogP contribution in [0.1, 0.15) is 29.6 Å². The molecule has 46 heavy (non-hydrogen) atoms. The van der Waals surface area contributed by atoms with Gasteiger partial charge in [0.1, 0.15) is 5.69 Å². The summed E-state index contributed by atoms with van der Waals surface area (Å²) in [7, 11) is 0. The molecule has 4 aromatic rings. The van der Waals surface area contributed by atoms with Crippen molar-refractivity contribution in [1.29, 1.82) is 0 Å². The number of Topliss-reactive ketones (excluding diaryl/α,β-unsaturated/α-hetero) is 1. The number of carbonyl (C=O) groups is 3. The molecule has 1 amide bonds. The van der Waals surface area contributed by atoms with Crippen molar-refractivity contribution >= 4 is 57.3 Å². The number of hydrogen-bond donors (Lipinski definition) is 4. The number of thioether (sulfide) groups is 1. The number of phenols is 2. The van der Waals surface area contributed by atoms with Crippen molar-refractivity contribution in [2.75, 3.05) is 11.5 Å². The average Bonchev–Trinajstić information content (AvgIpc) is 3.72. The van der Waals surface area contributed by atoms with Gasteiger partial charge in [-0.1, -0.05) is 17.3 Å². The molecule has 5 heterocycles. The summed E-state index contributed by atoms with van der Waals surface area (Å²) < 4.78 is 1.96. The van der Waals surface area contributed by atoms with Crippen LogP contribution in [0.3, 0.4) is 0 Å². The Balaban J connectivity index is 0.00000417. The van der Waals surface area contributed by atoms with Crippen LogP contribution < -0.4 is 45.0 Å². The SMILES string of the molecule is Nc1nc(/C(=N/O[C@H](C(=O)O)c2ccc(O)c(O)c2)C(=O)C[C@@H]2C(=O)N3C(c4nnn[n-]4)=C(C[n+]4ccccc4)CS[C@H]23)cs1.[Na+]. The first-order valence-electron chi connectivity index (χ1n) is 13.2. The number of carbonyl (C=O) groups excluding carboxylic acids is 2. The van der Waals surface area contributed by atoms with E-state index < -0.39 is 40.6 Å². The van der Waals surface area contributed by atoms with E-state index >= 15 is 0 Å². The molecule has 16 nitrogen and oxygen atoms in total. The average molecular weight is 673 g/mol. The number of hydrogen-bond acceptors (Lipinski definition) is 14. The van der Waals surface area contributed by atoms with Crippen molar-refractivity contribution < 1.29 is 68.7 Å². The molecule has 0 unspecified atom stereocenters. The number of fused-ring (bicyclic) bond motifs is 1. The number of oxime groups is 1. The van der Waals surface area contributed by atoms with E-state index in [2.05, 4.69) is 30.8 Å². The molecule has 0 bridgehead atoms. The van der Waals surface area contributed by atoms with Crippen LogP contribution in [0, 0.1) is 5.92 Å². The van der Waals surface area contributed by atoms with Crippen LogP contribution in [0.5, 0.6) is 11.5 Å². The van der Waals surface area contributed by atoms with Gasteiger partial charge in [-0.15, -0.1) is 23.1 Å². The number of pyridine rings is 1. The summed E-state index contributed by atoms with van der Waals surface area (Å²) >= 11 is 2.52. The Labute approximate surface area is 290 Å². The van der Waals surface area contributed by atoms with E-state index in [4.69, 9.17) is 10.6 Å². The predicted octanol–water partition coefficient (Wildman–Crippen LogP) is -2.28. The number of aromatic hydroxyl groups is 2. The number of aliphatic carboxylic acids is 1. The summed E-state index contributed by atoms with van der Waals surface area (Å²) in [5.41, 5.74) is 6.84. The van der Waals surface area contributed by atoms with Crippen LogP contribution in [0.4, 0.5) is 5.13 Å². The van der Waals surface area contributed by atoms with E-state index in [1.54, 1.807) is 4.90 Å². The zero-order valence-corrected chi connectivity index (χ0v) is 27.6. The zero-order chi connectivity index (χ0) is 31.7. The quantitative estimate of drug-likeness (QED) is 0.0328. The second-order valence-electron chi connectivity index (χ2n) is 9.93. The first-order valence-corrected chi connectivity index (χ1v) is 15.2. The molecule has 6 rings (SSSR count). The van der Waals surface area contributed by atoms with Crippen LogP contribution in [-0.2, 0) is 25.8 Å². The molecule has 2 aliphatic heterocycles. The molecule has 3 atom stereocenters. The smallest absolute Gasteiger partial charge is 0.504 e. The third-order valence-electron chi connectivity index (χ3n) is 7.05. The number of aromatic nitrogens is 6. The largest absolute Gasteiger partial charge is 1.00 e. The van der Waals surface area contributed by atoms with Gasteiger partial charge in [-0.3, -0.25) is 24.8 Å². The first kappa shape index (κ1) is 33.0. The monoisotopic (exact) mass is 672 g/mol. The molecule has 0 aliphatic carbocycles. The number of nitrogen functional groups attached to an aromatic ring is 1. The summed E-state index contributed by atoms with van der Waals surface area (Å²) in [6.45, 7) is 0.473. The standard InChI is InChI=1S/C27H23N9O7S2.Na/c28-27-29-16(12-45-27)20(32-43-22(26(41)42)13-4-5-17(37)18(38)8-13)19(39)9-15-24(40)36-21(23-30-33-34-31-23)14(11-44-25(15)36)10-35-6-2-1-3-7-35;/h1-8,12,15,22,25H,9-11H2,(H5-,28,29,30,31,32,33,34,37,38,39,41,42);/q;+1/t15-,22+,25-;/m1./s1. The maximum Gasteiger partial charge on any atom is 1.00 e. The van der Waals surface area contributed by atoms with Gasteiger partial charge in [0, 0.05) is 40.8 Å². The molecule has 0 spiro atoms. The van der Waals surface area contributed by atoms with E-state index in [9.17, 15) is 29.7 Å². The number of tetrazole rings is 1. The summed E-state index contributed by atoms with van der Waals surface area (Å²) in [5, 5.41) is 49.4. The van der Waals surface area contributed by atoms with Crippen molar-refractivity contribution in [3.63, 3.8) is 0 Å². The van der Waals surface area contributed by atoms with Crippen molar-refractivity contribution in [2.24, 2.45) is 11.1 Å². The minimum Gasteiger partial charge on any atom is -0.504 e.